The summed E-state index contributed by atoms with van der Waals surface area (Å²) in [4.78, 5) is 12.4. The predicted octanol–water partition coefficient (Wildman–Crippen LogP) is 3.57. The molecule has 5 nitrogen and oxygen atoms in total. The molecule has 1 N–H and O–H groups in total. The molecule has 2 aromatic rings. The van der Waals surface area contributed by atoms with Gasteiger partial charge in [0.25, 0.3) is 0 Å². The molecular formula is C20H23FN2O3S. The molecule has 0 radical (unpaired) electrons. The van der Waals surface area contributed by atoms with Crippen LogP contribution < -0.4 is 5.32 Å². The first-order valence-electron chi connectivity index (χ1n) is 9.10. The molecule has 0 unspecified atom stereocenters. The maximum absolute atomic E-state index is 13.2. The second kappa shape index (κ2) is 8.63. The average Bonchev–Trinajstić information content (AvgIpc) is 2.67. The molecule has 0 aliphatic carbocycles. The summed E-state index contributed by atoms with van der Waals surface area (Å²) < 4.78 is 40.2. The van der Waals surface area contributed by atoms with Crippen LogP contribution in [0.2, 0.25) is 0 Å². The highest BCUT2D eigenvalue weighted by atomic mass is 32.2. The number of carbonyl (C=O) groups is 1. The summed E-state index contributed by atoms with van der Waals surface area (Å²) in [5, 5.41) is 2.73. The van der Waals surface area contributed by atoms with Gasteiger partial charge >= 0.3 is 0 Å². The van der Waals surface area contributed by atoms with Gasteiger partial charge < -0.3 is 5.32 Å². The van der Waals surface area contributed by atoms with E-state index in [0.29, 0.717) is 25.2 Å². The maximum atomic E-state index is 13.2. The van der Waals surface area contributed by atoms with E-state index in [-0.39, 0.29) is 23.0 Å². The Morgan fingerprint density at radius 1 is 1.04 bits per heavy atom. The van der Waals surface area contributed by atoms with E-state index in [0.717, 1.165) is 24.8 Å². The Bertz CT molecular complexity index is 909. The molecule has 2 aromatic carbocycles. The highest BCUT2D eigenvalue weighted by molar-refractivity contribution is 7.89. The average molecular weight is 390 g/mol. The van der Waals surface area contributed by atoms with Crippen molar-refractivity contribution in [1.82, 2.24) is 4.31 Å². The number of carbonyl (C=O) groups excluding carboxylic acids is 1. The quantitative estimate of drug-likeness (QED) is 0.820. The summed E-state index contributed by atoms with van der Waals surface area (Å²) in [7, 11) is -3.54. The number of nitrogens with one attached hydrogen (secondary N) is 1. The molecule has 0 atom stereocenters. The lowest BCUT2D eigenvalue weighted by atomic mass is 10.1. The van der Waals surface area contributed by atoms with Gasteiger partial charge in [-0.15, -0.1) is 0 Å². The van der Waals surface area contributed by atoms with Crippen LogP contribution >= 0.6 is 0 Å². The van der Waals surface area contributed by atoms with E-state index in [1.54, 1.807) is 30.3 Å². The number of sulfonamides is 1. The highest BCUT2D eigenvalue weighted by Gasteiger charge is 2.26. The molecule has 1 aliphatic heterocycles. The zero-order valence-electron chi connectivity index (χ0n) is 15.0. The highest BCUT2D eigenvalue weighted by Crippen LogP contribution is 2.23. The number of aryl methyl sites for hydroxylation is 1. The first kappa shape index (κ1) is 19.5. The Morgan fingerprint density at radius 2 is 1.78 bits per heavy atom. The van der Waals surface area contributed by atoms with Gasteiger partial charge in [-0.05, 0) is 55.2 Å². The van der Waals surface area contributed by atoms with Crippen molar-refractivity contribution in [1.29, 1.82) is 0 Å². The Hall–Kier alpha value is -2.25. The van der Waals surface area contributed by atoms with Crippen molar-refractivity contribution in [2.45, 2.75) is 37.0 Å². The number of anilines is 1. The molecule has 0 saturated carbocycles. The summed E-state index contributed by atoms with van der Waals surface area (Å²) in [6, 6.07) is 12.5. The lowest BCUT2D eigenvalue weighted by Gasteiger charge is -2.26. The first-order chi connectivity index (χ1) is 12.9. The summed E-state index contributed by atoms with van der Waals surface area (Å²) in [5.41, 5.74) is 1.18. The number of halogens is 1. The summed E-state index contributed by atoms with van der Waals surface area (Å²) in [6.07, 6.45) is 3.39. The molecule has 1 fully saturated rings. The zero-order valence-corrected chi connectivity index (χ0v) is 15.8. The van der Waals surface area contributed by atoms with Crippen LogP contribution in [-0.2, 0) is 21.2 Å². The van der Waals surface area contributed by atoms with Crippen LogP contribution in [0.15, 0.2) is 53.4 Å². The van der Waals surface area contributed by atoms with Gasteiger partial charge in [-0.1, -0.05) is 24.6 Å². The molecule has 1 heterocycles. The minimum atomic E-state index is -3.54. The third kappa shape index (κ3) is 5.14. The van der Waals surface area contributed by atoms with Crippen LogP contribution in [0.3, 0.4) is 0 Å². The number of piperidine rings is 1. The van der Waals surface area contributed by atoms with E-state index in [4.69, 9.17) is 0 Å². The molecule has 1 saturated heterocycles. The van der Waals surface area contributed by atoms with Crippen molar-refractivity contribution in [3.8, 4) is 0 Å². The smallest absolute Gasteiger partial charge is 0.243 e. The lowest BCUT2D eigenvalue weighted by molar-refractivity contribution is -0.116. The van der Waals surface area contributed by atoms with Gasteiger partial charge in [-0.2, -0.15) is 4.31 Å². The Morgan fingerprint density at radius 3 is 2.52 bits per heavy atom. The van der Waals surface area contributed by atoms with Gasteiger partial charge in [-0.3, -0.25) is 4.79 Å². The lowest BCUT2D eigenvalue weighted by Crippen LogP contribution is -2.35. The predicted molar refractivity (Wildman–Crippen MR) is 102 cm³/mol. The van der Waals surface area contributed by atoms with Crippen molar-refractivity contribution in [2.24, 2.45) is 0 Å². The topological polar surface area (TPSA) is 66.5 Å². The fraction of sp³-hybridized carbons (Fsp3) is 0.350. The van der Waals surface area contributed by atoms with Crippen molar-refractivity contribution >= 4 is 21.6 Å². The molecule has 0 aromatic heterocycles. The van der Waals surface area contributed by atoms with Gasteiger partial charge in [0.15, 0.2) is 0 Å². The van der Waals surface area contributed by atoms with E-state index in [9.17, 15) is 17.6 Å². The Labute approximate surface area is 159 Å². The van der Waals surface area contributed by atoms with Crippen molar-refractivity contribution < 1.29 is 17.6 Å². The van der Waals surface area contributed by atoms with Crippen LogP contribution in [0.1, 0.15) is 31.2 Å². The Kier molecular flexibility index (Phi) is 6.23. The van der Waals surface area contributed by atoms with Gasteiger partial charge in [0, 0.05) is 25.2 Å². The van der Waals surface area contributed by atoms with E-state index < -0.39 is 10.0 Å². The van der Waals surface area contributed by atoms with Crippen LogP contribution in [0.25, 0.3) is 0 Å². The van der Waals surface area contributed by atoms with Crippen LogP contribution in [-0.4, -0.2) is 31.7 Å². The largest absolute Gasteiger partial charge is 0.326 e. The molecular weight excluding hydrogens is 367 g/mol. The minimum Gasteiger partial charge on any atom is -0.326 e. The number of benzene rings is 2. The Balaban J connectivity index is 1.64. The second-order valence-electron chi connectivity index (χ2n) is 6.67. The van der Waals surface area contributed by atoms with Gasteiger partial charge in [0.05, 0.1) is 4.90 Å². The van der Waals surface area contributed by atoms with Crippen molar-refractivity contribution in [3.05, 3.63) is 59.9 Å². The summed E-state index contributed by atoms with van der Waals surface area (Å²) >= 11 is 0. The zero-order chi connectivity index (χ0) is 19.3. The normalized spacial score (nSPS) is 15.4. The molecule has 0 bridgehead atoms. The SMILES string of the molecule is O=C(CCc1cccc(F)c1)Nc1cccc(S(=O)(=O)N2CCCCC2)c1. The molecule has 1 aliphatic rings. The van der Waals surface area contributed by atoms with Crippen LogP contribution in [0.4, 0.5) is 10.1 Å². The molecule has 27 heavy (non-hydrogen) atoms. The van der Waals surface area contributed by atoms with E-state index in [1.807, 2.05) is 0 Å². The van der Waals surface area contributed by atoms with Gasteiger partial charge in [0.2, 0.25) is 15.9 Å². The summed E-state index contributed by atoms with van der Waals surface area (Å²) in [5.74, 6) is -0.574. The minimum absolute atomic E-state index is 0.187. The number of amides is 1. The standard InChI is InChI=1S/C20H23FN2O3S/c21-17-7-4-6-16(14-17)10-11-20(24)22-18-8-5-9-19(15-18)27(25,26)23-12-2-1-3-13-23/h4-9,14-15H,1-3,10-13H2,(H,22,24). The van der Waals surface area contributed by atoms with Crippen LogP contribution in [0, 0.1) is 5.82 Å². The third-order valence-electron chi connectivity index (χ3n) is 4.60. The van der Waals surface area contributed by atoms with Gasteiger partial charge in [-0.25, -0.2) is 12.8 Å². The number of rotatable bonds is 6. The van der Waals surface area contributed by atoms with E-state index >= 15 is 0 Å². The van der Waals surface area contributed by atoms with E-state index in [1.165, 1.54) is 22.5 Å². The maximum Gasteiger partial charge on any atom is 0.243 e. The molecule has 3 rings (SSSR count). The number of hydrogen-bond donors (Lipinski definition) is 1. The van der Waals surface area contributed by atoms with Crippen molar-refractivity contribution in [3.63, 3.8) is 0 Å². The van der Waals surface area contributed by atoms with E-state index in [2.05, 4.69) is 5.32 Å². The molecule has 7 heteroatoms. The number of hydrogen-bond acceptors (Lipinski definition) is 3. The number of nitrogens with zero attached hydrogens (tertiary/aromatic N) is 1. The summed E-state index contributed by atoms with van der Waals surface area (Å²) in [6.45, 7) is 1.07. The molecule has 144 valence electrons. The van der Waals surface area contributed by atoms with Crippen LogP contribution in [0.5, 0.6) is 0 Å². The van der Waals surface area contributed by atoms with Crippen molar-refractivity contribution in [2.75, 3.05) is 18.4 Å². The van der Waals surface area contributed by atoms with Gasteiger partial charge in [0.1, 0.15) is 5.82 Å². The first-order valence-corrected chi connectivity index (χ1v) is 10.5. The fourth-order valence-electron chi connectivity index (χ4n) is 3.16. The third-order valence-corrected chi connectivity index (χ3v) is 6.50. The second-order valence-corrected chi connectivity index (χ2v) is 8.61. The molecule has 0 spiro atoms. The monoisotopic (exact) mass is 390 g/mol. The molecule has 1 amide bonds. The fourth-order valence-corrected chi connectivity index (χ4v) is 4.73.